The van der Waals surface area contributed by atoms with Crippen LogP contribution in [0, 0.1) is 0 Å². The molecule has 2 heterocycles. The fraction of sp³-hybridized carbons (Fsp3) is 0.619. The summed E-state index contributed by atoms with van der Waals surface area (Å²) in [6.07, 6.45) is 2.24. The molecule has 0 radical (unpaired) electrons. The molecule has 0 spiro atoms. The van der Waals surface area contributed by atoms with Crippen molar-refractivity contribution in [1.29, 1.82) is 0 Å². The number of benzene rings is 1. The molecule has 0 bridgehead atoms. The number of hydrogen-bond acceptors (Lipinski definition) is 5. The van der Waals surface area contributed by atoms with Gasteiger partial charge in [-0.05, 0) is 38.0 Å². The minimum Gasteiger partial charge on any atom is -0.508 e. The quantitative estimate of drug-likeness (QED) is 0.566. The van der Waals surface area contributed by atoms with Crippen LogP contribution in [-0.4, -0.2) is 91.1 Å². The van der Waals surface area contributed by atoms with E-state index in [4.69, 9.17) is 4.74 Å². The Morgan fingerprint density at radius 1 is 1.17 bits per heavy atom. The van der Waals surface area contributed by atoms with E-state index in [9.17, 15) is 9.90 Å². The van der Waals surface area contributed by atoms with Crippen LogP contribution in [0.25, 0.3) is 0 Å². The Hall–Kier alpha value is -2.48. The Morgan fingerprint density at radius 2 is 1.86 bits per heavy atom. The first-order chi connectivity index (χ1) is 14.0. The van der Waals surface area contributed by atoms with Gasteiger partial charge in [-0.3, -0.25) is 14.7 Å². The van der Waals surface area contributed by atoms with Crippen LogP contribution in [0.3, 0.4) is 0 Å². The Bertz CT molecular complexity index is 725. The fourth-order valence-corrected chi connectivity index (χ4v) is 4.02. The molecule has 1 aromatic rings. The number of aromatic hydroxyl groups is 1. The smallest absolute Gasteiger partial charge is 0.239 e. The van der Waals surface area contributed by atoms with Crippen LogP contribution < -0.4 is 10.1 Å². The number of phenolic OH excluding ortho intramolecular Hbond substituents is 1. The maximum absolute atomic E-state index is 12.7. The first kappa shape index (κ1) is 21.2. The number of rotatable bonds is 5. The molecule has 2 aliphatic rings. The summed E-state index contributed by atoms with van der Waals surface area (Å²) in [4.78, 5) is 23.5. The van der Waals surface area contributed by atoms with E-state index < -0.39 is 0 Å². The lowest BCUT2D eigenvalue weighted by atomic mass is 10.2. The minimum atomic E-state index is -0.0704. The third kappa shape index (κ3) is 5.12. The van der Waals surface area contributed by atoms with Gasteiger partial charge in [-0.1, -0.05) is 0 Å². The van der Waals surface area contributed by atoms with E-state index in [1.807, 2.05) is 17.9 Å². The highest BCUT2D eigenvalue weighted by Crippen LogP contribution is 2.22. The van der Waals surface area contributed by atoms with Gasteiger partial charge < -0.3 is 25.0 Å². The summed E-state index contributed by atoms with van der Waals surface area (Å²) in [5.74, 6) is 1.99. The Kier molecular flexibility index (Phi) is 7.19. The molecule has 0 aliphatic carbocycles. The van der Waals surface area contributed by atoms with Gasteiger partial charge in [-0.2, -0.15) is 0 Å². The van der Waals surface area contributed by atoms with Crippen molar-refractivity contribution in [2.75, 3.05) is 53.4 Å². The van der Waals surface area contributed by atoms with Crippen molar-refractivity contribution >= 4 is 11.9 Å². The Morgan fingerprint density at radius 3 is 2.48 bits per heavy atom. The minimum absolute atomic E-state index is 0.0704. The Balaban J connectivity index is 1.51. The highest BCUT2D eigenvalue weighted by Gasteiger charge is 2.30. The van der Waals surface area contributed by atoms with E-state index in [0.29, 0.717) is 12.3 Å². The van der Waals surface area contributed by atoms with Crippen LogP contribution in [-0.2, 0) is 11.3 Å². The maximum Gasteiger partial charge on any atom is 0.239 e. The number of nitrogens with zero attached hydrogens (tertiary/aromatic N) is 4. The number of amides is 1. The predicted molar refractivity (Wildman–Crippen MR) is 113 cm³/mol. The average molecular weight is 404 g/mol. The first-order valence-corrected chi connectivity index (χ1v) is 10.4. The molecule has 0 saturated carbocycles. The van der Waals surface area contributed by atoms with E-state index in [2.05, 4.69) is 20.1 Å². The van der Waals surface area contributed by atoms with E-state index in [1.165, 1.54) is 0 Å². The number of guanidine groups is 1. The van der Waals surface area contributed by atoms with Crippen LogP contribution in [0.1, 0.15) is 25.3 Å². The second kappa shape index (κ2) is 9.82. The number of likely N-dealkylation sites (tertiary alicyclic amines) is 1. The van der Waals surface area contributed by atoms with Gasteiger partial charge in [-0.15, -0.1) is 0 Å². The number of hydrogen-bond donors (Lipinski definition) is 2. The predicted octanol–water partition coefficient (Wildman–Crippen LogP) is 1.10. The van der Waals surface area contributed by atoms with Crippen molar-refractivity contribution in [1.82, 2.24) is 20.0 Å². The lowest BCUT2D eigenvalue weighted by Crippen LogP contribution is -2.57. The van der Waals surface area contributed by atoms with Crippen molar-refractivity contribution in [2.24, 2.45) is 4.99 Å². The molecule has 1 unspecified atom stereocenters. The number of nitrogens with one attached hydrogen (secondary N) is 1. The van der Waals surface area contributed by atoms with Crippen molar-refractivity contribution < 1.29 is 14.6 Å². The van der Waals surface area contributed by atoms with Crippen LogP contribution >= 0.6 is 0 Å². The number of methoxy groups -OCH3 is 1. The average Bonchev–Trinajstić information content (AvgIpc) is 3.29. The molecule has 0 aromatic heterocycles. The van der Waals surface area contributed by atoms with Crippen molar-refractivity contribution in [3.05, 3.63) is 23.8 Å². The van der Waals surface area contributed by atoms with Gasteiger partial charge in [0.2, 0.25) is 5.91 Å². The summed E-state index contributed by atoms with van der Waals surface area (Å²) in [6.45, 7) is 7.54. The highest BCUT2D eigenvalue weighted by atomic mass is 16.5. The van der Waals surface area contributed by atoms with Gasteiger partial charge in [0.15, 0.2) is 5.96 Å². The molecule has 2 saturated heterocycles. The van der Waals surface area contributed by atoms with Gasteiger partial charge in [0.1, 0.15) is 11.5 Å². The fourth-order valence-electron chi connectivity index (χ4n) is 4.02. The van der Waals surface area contributed by atoms with E-state index in [1.54, 1.807) is 26.3 Å². The number of piperazine rings is 1. The molecular formula is C21H33N5O3. The zero-order chi connectivity index (χ0) is 20.8. The number of ether oxygens (including phenoxy) is 1. The summed E-state index contributed by atoms with van der Waals surface area (Å²) in [6, 6.07) is 5.12. The second-order valence-electron chi connectivity index (χ2n) is 7.63. The standard InChI is InChI=1S/C21H33N5O3/c1-16(20(28)25-8-4-5-9-25)24-10-12-26(13-11-24)21(22-2)23-15-17-14-18(29-3)6-7-19(17)27/h6-7,14,16,27H,4-5,8-13,15H2,1-3H3,(H,22,23). The second-order valence-corrected chi connectivity index (χ2v) is 7.63. The molecule has 160 valence electrons. The monoisotopic (exact) mass is 403 g/mol. The molecule has 8 nitrogen and oxygen atoms in total. The van der Waals surface area contributed by atoms with Gasteiger partial charge >= 0.3 is 0 Å². The summed E-state index contributed by atoms with van der Waals surface area (Å²) < 4.78 is 5.23. The summed E-state index contributed by atoms with van der Waals surface area (Å²) in [7, 11) is 3.37. The van der Waals surface area contributed by atoms with Gasteiger partial charge in [0.05, 0.1) is 13.2 Å². The largest absolute Gasteiger partial charge is 0.508 e. The van der Waals surface area contributed by atoms with Gasteiger partial charge in [0.25, 0.3) is 0 Å². The van der Waals surface area contributed by atoms with Crippen LogP contribution in [0.2, 0.25) is 0 Å². The molecule has 3 rings (SSSR count). The lowest BCUT2D eigenvalue weighted by Gasteiger charge is -2.39. The molecule has 8 heteroatoms. The molecule has 1 amide bonds. The SMILES string of the molecule is CN=C(NCc1cc(OC)ccc1O)N1CCN(C(C)C(=O)N2CCCC2)CC1. The summed E-state index contributed by atoms with van der Waals surface area (Å²) in [5, 5.41) is 13.4. The number of carbonyl (C=O) groups is 1. The molecule has 29 heavy (non-hydrogen) atoms. The van der Waals surface area contributed by atoms with Gasteiger partial charge in [-0.25, -0.2) is 0 Å². The topological polar surface area (TPSA) is 80.6 Å². The maximum atomic E-state index is 12.7. The third-order valence-electron chi connectivity index (χ3n) is 5.87. The number of carbonyl (C=O) groups excluding carboxylic acids is 1. The molecule has 2 fully saturated rings. The van der Waals surface area contributed by atoms with Gasteiger partial charge in [0, 0.05) is 58.4 Å². The third-order valence-corrected chi connectivity index (χ3v) is 5.87. The van der Waals surface area contributed by atoms with Crippen LogP contribution in [0.15, 0.2) is 23.2 Å². The zero-order valence-electron chi connectivity index (χ0n) is 17.7. The van der Waals surface area contributed by atoms with Crippen LogP contribution in [0.4, 0.5) is 0 Å². The number of aliphatic imine (C=N–C) groups is 1. The van der Waals surface area contributed by atoms with Crippen molar-refractivity contribution in [2.45, 2.75) is 32.4 Å². The summed E-state index contributed by atoms with van der Waals surface area (Å²) >= 11 is 0. The van der Waals surface area contributed by atoms with Crippen molar-refractivity contribution in [3.63, 3.8) is 0 Å². The Labute approximate surface area is 173 Å². The van der Waals surface area contributed by atoms with E-state index in [-0.39, 0.29) is 17.7 Å². The molecule has 1 atom stereocenters. The van der Waals surface area contributed by atoms with E-state index >= 15 is 0 Å². The van der Waals surface area contributed by atoms with E-state index in [0.717, 1.165) is 63.6 Å². The molecule has 2 N–H and O–H groups in total. The molecule has 2 aliphatic heterocycles. The normalized spacial score (nSPS) is 19.3. The zero-order valence-corrected chi connectivity index (χ0v) is 17.7. The summed E-state index contributed by atoms with van der Waals surface area (Å²) in [5.41, 5.74) is 0.758. The molecular weight excluding hydrogens is 370 g/mol. The highest BCUT2D eigenvalue weighted by molar-refractivity contribution is 5.82. The lowest BCUT2D eigenvalue weighted by molar-refractivity contribution is -0.135. The first-order valence-electron chi connectivity index (χ1n) is 10.4. The number of phenols is 1. The van der Waals surface area contributed by atoms with Crippen molar-refractivity contribution in [3.8, 4) is 11.5 Å². The molecule has 1 aromatic carbocycles. The van der Waals surface area contributed by atoms with Crippen LogP contribution in [0.5, 0.6) is 11.5 Å².